The van der Waals surface area contributed by atoms with Gasteiger partial charge in [-0.25, -0.2) is 9.59 Å². The molecule has 0 aromatic carbocycles. The van der Waals surface area contributed by atoms with Crippen LogP contribution in [-0.4, -0.2) is 41.0 Å². The maximum atomic E-state index is 10.1. The molecule has 4 nitrogen and oxygen atoms in total. The Morgan fingerprint density at radius 2 is 1.82 bits per heavy atom. The molecule has 0 amide bonds. The van der Waals surface area contributed by atoms with Crippen molar-refractivity contribution in [1.82, 2.24) is 0 Å². The Labute approximate surface area is 76.1 Å². The van der Waals surface area contributed by atoms with E-state index in [9.17, 15) is 9.59 Å². The number of carbonyl (C=O) groups is 2. The van der Waals surface area contributed by atoms with Crippen molar-refractivity contribution in [2.45, 2.75) is 13.3 Å². The summed E-state index contributed by atoms with van der Waals surface area (Å²) < 4.78 is 0. The SMILES string of the molecule is CC/C(=C/C(=O)O)C(=O)O.[LiH]. The van der Waals surface area contributed by atoms with Crippen molar-refractivity contribution in [1.29, 1.82) is 0 Å². The number of rotatable bonds is 3. The van der Waals surface area contributed by atoms with Crippen LogP contribution in [0.15, 0.2) is 11.6 Å². The van der Waals surface area contributed by atoms with Crippen molar-refractivity contribution in [3.8, 4) is 0 Å². The summed E-state index contributed by atoms with van der Waals surface area (Å²) in [6, 6.07) is 0. The van der Waals surface area contributed by atoms with Crippen LogP contribution in [0.25, 0.3) is 0 Å². The van der Waals surface area contributed by atoms with E-state index in [1.807, 2.05) is 0 Å². The summed E-state index contributed by atoms with van der Waals surface area (Å²) in [5.74, 6) is -2.40. The van der Waals surface area contributed by atoms with E-state index < -0.39 is 11.9 Å². The molecule has 0 aliphatic carbocycles. The fraction of sp³-hybridized carbons (Fsp3) is 0.333. The van der Waals surface area contributed by atoms with Crippen LogP contribution in [0.5, 0.6) is 0 Å². The van der Waals surface area contributed by atoms with E-state index in [1.165, 1.54) is 0 Å². The third-order valence-corrected chi connectivity index (χ3v) is 0.953. The van der Waals surface area contributed by atoms with Gasteiger partial charge in [0, 0.05) is 11.6 Å². The second-order valence-corrected chi connectivity index (χ2v) is 1.67. The van der Waals surface area contributed by atoms with Gasteiger partial charge in [0.15, 0.2) is 0 Å². The van der Waals surface area contributed by atoms with Crippen LogP contribution >= 0.6 is 0 Å². The van der Waals surface area contributed by atoms with Crippen molar-refractivity contribution < 1.29 is 19.8 Å². The molecule has 5 heteroatoms. The molecule has 0 saturated heterocycles. The molecule has 11 heavy (non-hydrogen) atoms. The molecule has 0 atom stereocenters. The van der Waals surface area contributed by atoms with Gasteiger partial charge in [0.2, 0.25) is 0 Å². The molecule has 0 rings (SSSR count). The van der Waals surface area contributed by atoms with Crippen molar-refractivity contribution in [3.05, 3.63) is 11.6 Å². The fourth-order valence-electron chi connectivity index (χ4n) is 0.464. The summed E-state index contributed by atoms with van der Waals surface area (Å²) in [6.45, 7) is 1.59. The van der Waals surface area contributed by atoms with Gasteiger partial charge in [0.1, 0.15) is 0 Å². The zero-order valence-electron chi connectivity index (χ0n) is 5.50. The molecule has 0 aliphatic rings. The Kier molecular flexibility index (Phi) is 7.06. The molecule has 0 saturated carbocycles. The first-order chi connectivity index (χ1) is 4.57. The summed E-state index contributed by atoms with van der Waals surface area (Å²) in [4.78, 5) is 20.1. The number of hydrogen-bond donors (Lipinski definition) is 2. The molecular weight excluding hydrogens is 143 g/mol. The van der Waals surface area contributed by atoms with Crippen LogP contribution in [0.4, 0.5) is 0 Å². The summed E-state index contributed by atoms with van der Waals surface area (Å²) in [7, 11) is 0. The minimum atomic E-state index is -1.22. The molecule has 0 aromatic rings. The van der Waals surface area contributed by atoms with Gasteiger partial charge in [0.05, 0.1) is 0 Å². The predicted molar refractivity (Wildman–Crippen MR) is 40.8 cm³/mol. The van der Waals surface area contributed by atoms with Crippen LogP contribution in [-0.2, 0) is 9.59 Å². The molecule has 0 radical (unpaired) electrons. The van der Waals surface area contributed by atoms with Crippen LogP contribution in [0, 0.1) is 0 Å². The van der Waals surface area contributed by atoms with E-state index in [0.717, 1.165) is 0 Å². The van der Waals surface area contributed by atoms with Gasteiger partial charge >= 0.3 is 30.8 Å². The van der Waals surface area contributed by atoms with Crippen molar-refractivity contribution in [2.24, 2.45) is 0 Å². The van der Waals surface area contributed by atoms with Crippen LogP contribution in [0.3, 0.4) is 0 Å². The van der Waals surface area contributed by atoms with E-state index in [2.05, 4.69) is 0 Å². The number of aliphatic carboxylic acids is 2. The molecule has 0 bridgehead atoms. The summed E-state index contributed by atoms with van der Waals surface area (Å²) in [6.07, 6.45) is 0.921. The minimum absolute atomic E-state index is 0. The molecule has 0 aliphatic heterocycles. The normalized spacial score (nSPS) is 10.1. The maximum absolute atomic E-state index is 10.1. The Balaban J connectivity index is 0. The van der Waals surface area contributed by atoms with E-state index in [-0.39, 0.29) is 30.9 Å². The average molecular weight is 152 g/mol. The van der Waals surface area contributed by atoms with Crippen molar-refractivity contribution in [3.63, 3.8) is 0 Å². The Morgan fingerprint density at radius 1 is 1.36 bits per heavy atom. The van der Waals surface area contributed by atoms with Crippen LogP contribution in [0.2, 0.25) is 0 Å². The summed E-state index contributed by atoms with van der Waals surface area (Å²) in [5.41, 5.74) is -0.0903. The van der Waals surface area contributed by atoms with Gasteiger partial charge in [-0.3, -0.25) is 0 Å². The molecule has 0 unspecified atom stereocenters. The molecule has 0 heterocycles. The van der Waals surface area contributed by atoms with Gasteiger partial charge in [-0.2, -0.15) is 0 Å². The third-order valence-electron chi connectivity index (χ3n) is 0.953. The third kappa shape index (κ3) is 5.71. The molecule has 2 N–H and O–H groups in total. The zero-order chi connectivity index (χ0) is 8.15. The predicted octanol–water partition coefficient (Wildman–Crippen LogP) is -0.156. The monoisotopic (exact) mass is 152 g/mol. The molecule has 0 aromatic heterocycles. The van der Waals surface area contributed by atoms with Gasteiger partial charge in [0.25, 0.3) is 0 Å². The fourth-order valence-corrected chi connectivity index (χ4v) is 0.464. The molecule has 0 fully saturated rings. The first-order valence-electron chi connectivity index (χ1n) is 2.74. The average Bonchev–Trinajstić information content (AvgIpc) is 1.81. The van der Waals surface area contributed by atoms with Crippen molar-refractivity contribution in [2.75, 3.05) is 0 Å². The summed E-state index contributed by atoms with van der Waals surface area (Å²) >= 11 is 0. The van der Waals surface area contributed by atoms with E-state index in [4.69, 9.17) is 10.2 Å². The second kappa shape index (κ2) is 6.02. The van der Waals surface area contributed by atoms with Gasteiger partial charge in [-0.1, -0.05) is 6.92 Å². The molecule has 58 valence electrons. The first-order valence-corrected chi connectivity index (χ1v) is 2.74. The first kappa shape index (κ1) is 12.9. The number of carboxylic acids is 2. The second-order valence-electron chi connectivity index (χ2n) is 1.67. The number of hydrogen-bond acceptors (Lipinski definition) is 2. The Bertz CT molecular complexity index is 185. The van der Waals surface area contributed by atoms with E-state index in [1.54, 1.807) is 6.92 Å². The van der Waals surface area contributed by atoms with E-state index >= 15 is 0 Å². The van der Waals surface area contributed by atoms with Crippen LogP contribution < -0.4 is 0 Å². The van der Waals surface area contributed by atoms with Crippen molar-refractivity contribution >= 4 is 30.8 Å². The quantitative estimate of drug-likeness (QED) is 0.435. The standard InChI is InChI=1S/C6H8O4.Li.H/c1-2-4(6(9)10)3-5(7)8;;/h3H,2H2,1H3,(H,7,8)(H,9,10);;/b4-3-;;. The topological polar surface area (TPSA) is 74.6 Å². The summed E-state index contributed by atoms with van der Waals surface area (Å²) in [5, 5.41) is 16.4. The Morgan fingerprint density at radius 3 is 1.91 bits per heavy atom. The Hall–Kier alpha value is -0.723. The van der Waals surface area contributed by atoms with Gasteiger partial charge in [-0.15, -0.1) is 0 Å². The van der Waals surface area contributed by atoms with Crippen LogP contribution in [0.1, 0.15) is 13.3 Å². The van der Waals surface area contributed by atoms with E-state index in [0.29, 0.717) is 6.08 Å². The molecular formula is C6H9LiO4. The molecule has 0 spiro atoms. The van der Waals surface area contributed by atoms with Gasteiger partial charge < -0.3 is 10.2 Å². The number of carboxylic acid groups (broad SMARTS) is 2. The van der Waals surface area contributed by atoms with Gasteiger partial charge in [-0.05, 0) is 6.42 Å². The zero-order valence-corrected chi connectivity index (χ0v) is 5.50.